The van der Waals surface area contributed by atoms with Crippen molar-refractivity contribution in [1.82, 2.24) is 10.2 Å². The van der Waals surface area contributed by atoms with Crippen LogP contribution in [0.15, 0.2) is 0 Å². The van der Waals surface area contributed by atoms with Crippen LogP contribution in [0.1, 0.15) is 26.7 Å². The molecule has 1 fully saturated rings. The summed E-state index contributed by atoms with van der Waals surface area (Å²) < 4.78 is 4.73. The summed E-state index contributed by atoms with van der Waals surface area (Å²) in [5, 5.41) is 11.5. The van der Waals surface area contributed by atoms with Crippen molar-refractivity contribution in [3.63, 3.8) is 0 Å². The van der Waals surface area contributed by atoms with Crippen LogP contribution < -0.4 is 5.32 Å². The lowest BCUT2D eigenvalue weighted by Crippen LogP contribution is -2.41. The number of amides is 2. The summed E-state index contributed by atoms with van der Waals surface area (Å²) in [5.41, 5.74) is 0. The second kappa shape index (κ2) is 7.85. The summed E-state index contributed by atoms with van der Waals surface area (Å²) in [6.45, 7) is 4.98. The number of ether oxygens (including phenoxy) is 1. The van der Waals surface area contributed by atoms with Crippen LogP contribution in [0, 0.1) is 17.8 Å². The summed E-state index contributed by atoms with van der Waals surface area (Å²) in [6.07, 6.45) is 0.728. The topological polar surface area (TPSA) is 95.9 Å². The van der Waals surface area contributed by atoms with E-state index in [4.69, 9.17) is 9.84 Å². The fraction of sp³-hybridized carbons (Fsp3) is 0.786. The first-order valence-corrected chi connectivity index (χ1v) is 7.21. The number of nitrogens with zero attached hydrogens (tertiary/aromatic N) is 1. The Kier molecular flexibility index (Phi) is 6.45. The Hall–Kier alpha value is -1.79. The highest BCUT2D eigenvalue weighted by Crippen LogP contribution is 2.24. The van der Waals surface area contributed by atoms with Crippen molar-refractivity contribution in [3.05, 3.63) is 0 Å². The molecule has 1 aliphatic heterocycles. The lowest BCUT2D eigenvalue weighted by Gasteiger charge is -2.19. The number of hydrogen-bond acceptors (Lipinski definition) is 4. The van der Waals surface area contributed by atoms with E-state index in [1.165, 1.54) is 7.11 Å². The Morgan fingerprint density at radius 2 is 2.05 bits per heavy atom. The number of carboxylic acids is 1. The molecule has 3 unspecified atom stereocenters. The molecular weight excluding hydrogens is 276 g/mol. The molecule has 1 rings (SSSR count). The van der Waals surface area contributed by atoms with Crippen LogP contribution in [0.4, 0.5) is 4.79 Å². The number of likely N-dealkylation sites (tertiary alicyclic amines) is 1. The van der Waals surface area contributed by atoms with Crippen molar-refractivity contribution < 1.29 is 24.2 Å². The third kappa shape index (κ3) is 4.91. The van der Waals surface area contributed by atoms with Gasteiger partial charge < -0.3 is 20.1 Å². The standard InChI is InChI=1S/C14H24N2O5/c1-4-10(5-12(17)18)6-15-14(20)16-7-9(2)11(8-16)13(19)21-3/h9-11H,4-8H2,1-3H3,(H,15,20)(H,17,18). The van der Waals surface area contributed by atoms with Crippen LogP contribution in [-0.2, 0) is 14.3 Å². The van der Waals surface area contributed by atoms with Gasteiger partial charge in [-0.25, -0.2) is 4.79 Å². The first-order valence-electron chi connectivity index (χ1n) is 7.21. The molecule has 3 atom stereocenters. The maximum Gasteiger partial charge on any atom is 0.317 e. The molecule has 0 aromatic rings. The highest BCUT2D eigenvalue weighted by molar-refractivity contribution is 5.78. The fourth-order valence-corrected chi connectivity index (χ4v) is 2.54. The quantitative estimate of drug-likeness (QED) is 0.712. The highest BCUT2D eigenvalue weighted by Gasteiger charge is 2.37. The van der Waals surface area contributed by atoms with Gasteiger partial charge in [0.15, 0.2) is 0 Å². The van der Waals surface area contributed by atoms with E-state index < -0.39 is 5.97 Å². The lowest BCUT2D eigenvalue weighted by molar-refractivity contribution is -0.146. The molecule has 21 heavy (non-hydrogen) atoms. The highest BCUT2D eigenvalue weighted by atomic mass is 16.5. The molecule has 1 saturated heterocycles. The Labute approximate surface area is 124 Å². The van der Waals surface area contributed by atoms with E-state index in [-0.39, 0.29) is 36.2 Å². The van der Waals surface area contributed by atoms with E-state index in [9.17, 15) is 14.4 Å². The number of rotatable bonds is 6. The average molecular weight is 300 g/mol. The van der Waals surface area contributed by atoms with Gasteiger partial charge in [0.1, 0.15) is 0 Å². The van der Waals surface area contributed by atoms with Crippen LogP contribution in [0.3, 0.4) is 0 Å². The van der Waals surface area contributed by atoms with Crippen molar-refractivity contribution in [1.29, 1.82) is 0 Å². The number of nitrogens with one attached hydrogen (secondary N) is 1. The number of carboxylic acid groups (broad SMARTS) is 1. The number of aliphatic carboxylic acids is 1. The van der Waals surface area contributed by atoms with Gasteiger partial charge in [-0.1, -0.05) is 20.3 Å². The molecule has 7 nitrogen and oxygen atoms in total. The van der Waals surface area contributed by atoms with Gasteiger partial charge in [-0.05, 0) is 11.8 Å². The number of hydrogen-bond donors (Lipinski definition) is 2. The summed E-state index contributed by atoms with van der Waals surface area (Å²) in [7, 11) is 1.34. The minimum absolute atomic E-state index is 0.0397. The largest absolute Gasteiger partial charge is 0.481 e. The minimum atomic E-state index is -0.864. The van der Waals surface area contributed by atoms with Crippen molar-refractivity contribution in [3.8, 4) is 0 Å². The van der Waals surface area contributed by atoms with Gasteiger partial charge in [-0.3, -0.25) is 9.59 Å². The zero-order valence-electron chi connectivity index (χ0n) is 12.8. The Bertz CT molecular complexity index is 399. The van der Waals surface area contributed by atoms with E-state index in [2.05, 4.69) is 5.32 Å². The molecule has 120 valence electrons. The van der Waals surface area contributed by atoms with Crippen molar-refractivity contribution >= 4 is 18.0 Å². The van der Waals surface area contributed by atoms with Crippen molar-refractivity contribution in [2.24, 2.45) is 17.8 Å². The van der Waals surface area contributed by atoms with E-state index in [1.54, 1.807) is 4.90 Å². The van der Waals surface area contributed by atoms with Crippen LogP contribution in [0.25, 0.3) is 0 Å². The molecular formula is C14H24N2O5. The van der Waals surface area contributed by atoms with Gasteiger partial charge in [0.2, 0.25) is 0 Å². The lowest BCUT2D eigenvalue weighted by atomic mass is 9.99. The third-order valence-electron chi connectivity index (χ3n) is 3.99. The molecule has 2 N–H and O–H groups in total. The predicted molar refractivity (Wildman–Crippen MR) is 75.7 cm³/mol. The normalized spacial score (nSPS) is 22.7. The number of urea groups is 1. The number of methoxy groups -OCH3 is 1. The van der Waals surface area contributed by atoms with Gasteiger partial charge in [-0.15, -0.1) is 0 Å². The fourth-order valence-electron chi connectivity index (χ4n) is 2.54. The van der Waals surface area contributed by atoms with Crippen molar-refractivity contribution in [2.45, 2.75) is 26.7 Å². The Morgan fingerprint density at radius 3 is 2.57 bits per heavy atom. The molecule has 1 heterocycles. The monoisotopic (exact) mass is 300 g/mol. The summed E-state index contributed by atoms with van der Waals surface area (Å²) in [5.74, 6) is -1.47. The second-order valence-corrected chi connectivity index (χ2v) is 5.57. The second-order valence-electron chi connectivity index (χ2n) is 5.57. The van der Waals surface area contributed by atoms with Crippen LogP contribution >= 0.6 is 0 Å². The van der Waals surface area contributed by atoms with Gasteiger partial charge in [0, 0.05) is 26.1 Å². The molecule has 7 heteroatoms. The first-order chi connectivity index (χ1) is 9.88. The smallest absolute Gasteiger partial charge is 0.317 e. The molecule has 0 saturated carbocycles. The molecule has 1 aliphatic rings. The average Bonchev–Trinajstić information content (AvgIpc) is 2.83. The third-order valence-corrected chi connectivity index (χ3v) is 3.99. The molecule has 2 amide bonds. The minimum Gasteiger partial charge on any atom is -0.481 e. The zero-order chi connectivity index (χ0) is 16.0. The number of esters is 1. The molecule has 0 aromatic carbocycles. The maximum absolute atomic E-state index is 12.1. The molecule has 0 radical (unpaired) electrons. The summed E-state index contributed by atoms with van der Waals surface area (Å²) >= 11 is 0. The van der Waals surface area contributed by atoms with Gasteiger partial charge >= 0.3 is 18.0 Å². The van der Waals surface area contributed by atoms with E-state index >= 15 is 0 Å². The van der Waals surface area contributed by atoms with Crippen LogP contribution in [0.5, 0.6) is 0 Å². The van der Waals surface area contributed by atoms with E-state index in [0.29, 0.717) is 26.1 Å². The van der Waals surface area contributed by atoms with E-state index in [1.807, 2.05) is 13.8 Å². The zero-order valence-corrected chi connectivity index (χ0v) is 12.8. The van der Waals surface area contributed by atoms with Gasteiger partial charge in [-0.2, -0.15) is 0 Å². The molecule has 0 aliphatic carbocycles. The number of carbonyl (C=O) groups is 3. The molecule has 0 aromatic heterocycles. The predicted octanol–water partition coefficient (Wildman–Crippen LogP) is 0.938. The summed E-state index contributed by atoms with van der Waals surface area (Å²) in [6, 6.07) is -0.253. The summed E-state index contributed by atoms with van der Waals surface area (Å²) in [4.78, 5) is 35.9. The maximum atomic E-state index is 12.1. The Morgan fingerprint density at radius 1 is 1.38 bits per heavy atom. The van der Waals surface area contributed by atoms with Gasteiger partial charge in [0.05, 0.1) is 13.0 Å². The molecule has 0 bridgehead atoms. The van der Waals surface area contributed by atoms with Gasteiger partial charge in [0.25, 0.3) is 0 Å². The SMILES string of the molecule is CCC(CNC(=O)N1CC(C)C(C(=O)OC)C1)CC(=O)O. The van der Waals surface area contributed by atoms with Crippen LogP contribution in [0.2, 0.25) is 0 Å². The Balaban J connectivity index is 2.46. The van der Waals surface area contributed by atoms with Crippen molar-refractivity contribution in [2.75, 3.05) is 26.7 Å². The van der Waals surface area contributed by atoms with E-state index in [0.717, 1.165) is 0 Å². The number of carbonyl (C=O) groups excluding carboxylic acids is 2. The first kappa shape index (κ1) is 17.3. The van der Waals surface area contributed by atoms with Crippen LogP contribution in [-0.4, -0.2) is 54.7 Å². The molecule has 0 spiro atoms.